The van der Waals surface area contributed by atoms with Crippen molar-refractivity contribution in [1.82, 2.24) is 9.88 Å². The molecule has 2 rings (SSSR count). The zero-order valence-electron chi connectivity index (χ0n) is 12.2. The summed E-state index contributed by atoms with van der Waals surface area (Å²) in [7, 11) is 2.12. The lowest BCUT2D eigenvalue weighted by atomic mass is 10.0. The van der Waals surface area contributed by atoms with E-state index in [9.17, 15) is 0 Å². The predicted octanol–water partition coefficient (Wildman–Crippen LogP) is 2.70. The van der Waals surface area contributed by atoms with Crippen molar-refractivity contribution in [3.05, 3.63) is 29.7 Å². The van der Waals surface area contributed by atoms with E-state index < -0.39 is 0 Å². The molecule has 4 heteroatoms. The van der Waals surface area contributed by atoms with Gasteiger partial charge < -0.3 is 15.1 Å². The van der Waals surface area contributed by atoms with Gasteiger partial charge in [-0.15, -0.1) is 0 Å². The molecule has 0 aliphatic rings. The fourth-order valence-electron chi connectivity index (χ4n) is 2.06. The number of oxazole rings is 1. The second-order valence-electron chi connectivity index (χ2n) is 6.01. The van der Waals surface area contributed by atoms with Gasteiger partial charge in [-0.2, -0.15) is 0 Å². The molecule has 0 bridgehead atoms. The SMILES string of the molecule is Cc1nc2cc(CN(C)CCC(C)(C)N)ccc2o1. The molecule has 0 spiro atoms. The highest BCUT2D eigenvalue weighted by Crippen LogP contribution is 2.17. The molecule has 0 unspecified atom stereocenters. The Bertz CT molecular complexity index is 554. The summed E-state index contributed by atoms with van der Waals surface area (Å²) in [4.78, 5) is 6.64. The molecular formula is C15H23N3O. The molecule has 104 valence electrons. The van der Waals surface area contributed by atoms with Gasteiger partial charge in [-0.25, -0.2) is 4.98 Å². The molecule has 1 aromatic carbocycles. The van der Waals surface area contributed by atoms with E-state index in [1.807, 2.05) is 13.0 Å². The molecule has 0 fully saturated rings. The summed E-state index contributed by atoms with van der Waals surface area (Å²) in [6.07, 6.45) is 0.981. The maximum Gasteiger partial charge on any atom is 0.192 e. The highest BCUT2D eigenvalue weighted by Gasteiger charge is 2.12. The molecule has 0 saturated carbocycles. The van der Waals surface area contributed by atoms with Gasteiger partial charge in [0.2, 0.25) is 0 Å². The summed E-state index contributed by atoms with van der Waals surface area (Å²) in [5, 5.41) is 0. The van der Waals surface area contributed by atoms with Gasteiger partial charge in [0.15, 0.2) is 11.5 Å². The van der Waals surface area contributed by atoms with Gasteiger partial charge >= 0.3 is 0 Å². The zero-order chi connectivity index (χ0) is 14.0. The Morgan fingerprint density at radius 1 is 1.37 bits per heavy atom. The first-order valence-electron chi connectivity index (χ1n) is 6.67. The minimum Gasteiger partial charge on any atom is -0.441 e. The van der Waals surface area contributed by atoms with Crippen molar-refractivity contribution in [2.45, 2.75) is 39.3 Å². The number of benzene rings is 1. The standard InChI is InChI=1S/C15H23N3O/c1-11-17-13-9-12(5-6-14(13)19-11)10-18(4)8-7-15(2,3)16/h5-6,9H,7-8,10,16H2,1-4H3. The van der Waals surface area contributed by atoms with E-state index in [4.69, 9.17) is 10.2 Å². The van der Waals surface area contributed by atoms with Crippen LogP contribution in [0.25, 0.3) is 11.1 Å². The van der Waals surface area contributed by atoms with Gasteiger partial charge in [-0.3, -0.25) is 0 Å². The van der Waals surface area contributed by atoms with Gasteiger partial charge in [0.05, 0.1) is 0 Å². The molecular weight excluding hydrogens is 238 g/mol. The Balaban J connectivity index is 2.00. The van der Waals surface area contributed by atoms with Crippen LogP contribution in [0.5, 0.6) is 0 Å². The fourth-order valence-corrected chi connectivity index (χ4v) is 2.06. The molecule has 0 aliphatic heterocycles. The summed E-state index contributed by atoms with van der Waals surface area (Å²) >= 11 is 0. The summed E-state index contributed by atoms with van der Waals surface area (Å²) in [5.41, 5.74) is 8.93. The lowest BCUT2D eigenvalue weighted by Crippen LogP contribution is -2.36. The van der Waals surface area contributed by atoms with Crippen LogP contribution in [-0.2, 0) is 6.54 Å². The molecule has 0 saturated heterocycles. The summed E-state index contributed by atoms with van der Waals surface area (Å²) < 4.78 is 5.48. The van der Waals surface area contributed by atoms with Crippen molar-refractivity contribution >= 4 is 11.1 Å². The molecule has 1 aromatic heterocycles. The van der Waals surface area contributed by atoms with Crippen LogP contribution in [0.2, 0.25) is 0 Å². The third kappa shape index (κ3) is 4.04. The summed E-state index contributed by atoms with van der Waals surface area (Å²) in [5.74, 6) is 0.713. The Kier molecular flexibility index (Phi) is 3.92. The maximum atomic E-state index is 6.01. The second kappa shape index (κ2) is 5.31. The summed E-state index contributed by atoms with van der Waals surface area (Å²) in [6.45, 7) is 7.88. The smallest absolute Gasteiger partial charge is 0.192 e. The second-order valence-corrected chi connectivity index (χ2v) is 6.01. The predicted molar refractivity (Wildman–Crippen MR) is 78.0 cm³/mol. The first kappa shape index (κ1) is 14.0. The molecule has 19 heavy (non-hydrogen) atoms. The van der Waals surface area contributed by atoms with Crippen LogP contribution in [0.15, 0.2) is 22.6 Å². The van der Waals surface area contributed by atoms with E-state index in [-0.39, 0.29) is 5.54 Å². The highest BCUT2D eigenvalue weighted by atomic mass is 16.3. The third-order valence-corrected chi connectivity index (χ3v) is 3.15. The minimum absolute atomic E-state index is 0.110. The minimum atomic E-state index is -0.110. The number of nitrogens with zero attached hydrogens (tertiary/aromatic N) is 2. The number of nitrogens with two attached hydrogens (primary N) is 1. The lowest BCUT2D eigenvalue weighted by Gasteiger charge is -2.23. The first-order valence-corrected chi connectivity index (χ1v) is 6.67. The Morgan fingerprint density at radius 3 is 2.79 bits per heavy atom. The van der Waals surface area contributed by atoms with Gasteiger partial charge in [-0.05, 0) is 51.6 Å². The van der Waals surface area contributed by atoms with E-state index >= 15 is 0 Å². The van der Waals surface area contributed by atoms with Crippen molar-refractivity contribution in [3.63, 3.8) is 0 Å². The van der Waals surface area contributed by atoms with Crippen molar-refractivity contribution in [2.75, 3.05) is 13.6 Å². The van der Waals surface area contributed by atoms with E-state index in [0.29, 0.717) is 5.89 Å². The Labute approximate surface area is 114 Å². The van der Waals surface area contributed by atoms with Gasteiger partial charge in [0.25, 0.3) is 0 Å². The van der Waals surface area contributed by atoms with E-state index in [1.54, 1.807) is 0 Å². The average molecular weight is 261 g/mol. The van der Waals surface area contributed by atoms with Crippen LogP contribution in [0, 0.1) is 6.92 Å². The molecule has 0 amide bonds. The third-order valence-electron chi connectivity index (χ3n) is 3.15. The van der Waals surface area contributed by atoms with E-state index in [2.05, 4.69) is 42.9 Å². The normalized spacial score (nSPS) is 12.5. The zero-order valence-corrected chi connectivity index (χ0v) is 12.2. The molecule has 2 N–H and O–H groups in total. The van der Waals surface area contributed by atoms with Crippen LogP contribution in [0.4, 0.5) is 0 Å². The monoisotopic (exact) mass is 261 g/mol. The number of hydrogen-bond donors (Lipinski definition) is 1. The van der Waals surface area contributed by atoms with Gasteiger partial charge in [-0.1, -0.05) is 6.07 Å². The van der Waals surface area contributed by atoms with Crippen LogP contribution in [-0.4, -0.2) is 29.0 Å². The molecule has 0 atom stereocenters. The van der Waals surface area contributed by atoms with E-state index in [0.717, 1.165) is 30.6 Å². The number of aryl methyl sites for hydroxylation is 1. The highest BCUT2D eigenvalue weighted by molar-refractivity contribution is 5.73. The van der Waals surface area contributed by atoms with Crippen molar-refractivity contribution in [1.29, 1.82) is 0 Å². The van der Waals surface area contributed by atoms with Crippen molar-refractivity contribution in [2.24, 2.45) is 5.73 Å². The van der Waals surface area contributed by atoms with E-state index in [1.165, 1.54) is 5.56 Å². The Morgan fingerprint density at radius 2 is 2.11 bits per heavy atom. The van der Waals surface area contributed by atoms with Crippen LogP contribution in [0.3, 0.4) is 0 Å². The molecule has 1 heterocycles. The molecule has 4 nitrogen and oxygen atoms in total. The van der Waals surface area contributed by atoms with Crippen molar-refractivity contribution < 1.29 is 4.42 Å². The summed E-state index contributed by atoms with van der Waals surface area (Å²) in [6, 6.07) is 6.18. The van der Waals surface area contributed by atoms with Gasteiger partial charge in [0.1, 0.15) is 5.52 Å². The number of rotatable bonds is 5. The van der Waals surface area contributed by atoms with Crippen LogP contribution >= 0.6 is 0 Å². The molecule has 0 aliphatic carbocycles. The molecule has 2 aromatic rings. The Hall–Kier alpha value is -1.39. The molecule has 0 radical (unpaired) electrons. The van der Waals surface area contributed by atoms with Crippen LogP contribution < -0.4 is 5.73 Å². The quantitative estimate of drug-likeness (QED) is 0.899. The van der Waals surface area contributed by atoms with Crippen molar-refractivity contribution in [3.8, 4) is 0 Å². The number of aromatic nitrogens is 1. The first-order chi connectivity index (χ1) is 8.83. The largest absolute Gasteiger partial charge is 0.441 e. The number of hydrogen-bond acceptors (Lipinski definition) is 4. The number of fused-ring (bicyclic) bond motifs is 1. The lowest BCUT2D eigenvalue weighted by molar-refractivity contribution is 0.289. The maximum absolute atomic E-state index is 6.01. The topological polar surface area (TPSA) is 55.3 Å². The fraction of sp³-hybridized carbons (Fsp3) is 0.533. The average Bonchev–Trinajstić information content (AvgIpc) is 2.65. The van der Waals surface area contributed by atoms with Crippen LogP contribution in [0.1, 0.15) is 31.7 Å². The van der Waals surface area contributed by atoms with Gasteiger partial charge in [0, 0.05) is 19.0 Å².